The van der Waals surface area contributed by atoms with Crippen molar-refractivity contribution in [3.05, 3.63) is 29.8 Å². The molecule has 3 aliphatic heterocycles. The summed E-state index contributed by atoms with van der Waals surface area (Å²) < 4.78 is 6.13. The van der Waals surface area contributed by atoms with E-state index in [4.69, 9.17) is 10.5 Å². The highest BCUT2D eigenvalue weighted by Gasteiger charge is 2.35. The zero-order chi connectivity index (χ0) is 11.7. The molecule has 2 bridgehead atoms. The molecule has 0 aliphatic carbocycles. The molecule has 3 heterocycles. The van der Waals surface area contributed by atoms with Gasteiger partial charge in [0.05, 0.1) is 0 Å². The quantitative estimate of drug-likeness (QED) is 0.860. The van der Waals surface area contributed by atoms with Crippen molar-refractivity contribution in [2.75, 3.05) is 19.6 Å². The van der Waals surface area contributed by atoms with Gasteiger partial charge in [-0.15, -0.1) is 0 Å². The Morgan fingerprint density at radius 1 is 1.29 bits per heavy atom. The van der Waals surface area contributed by atoms with Crippen LogP contribution in [0, 0.1) is 5.92 Å². The van der Waals surface area contributed by atoms with E-state index in [9.17, 15) is 0 Å². The van der Waals surface area contributed by atoms with Gasteiger partial charge in [0.1, 0.15) is 11.9 Å². The molecule has 0 radical (unpaired) electrons. The number of piperidine rings is 3. The Kier molecular flexibility index (Phi) is 3.04. The summed E-state index contributed by atoms with van der Waals surface area (Å²) in [7, 11) is 0. The topological polar surface area (TPSA) is 38.5 Å². The fourth-order valence-corrected chi connectivity index (χ4v) is 2.96. The molecule has 1 aromatic rings. The van der Waals surface area contributed by atoms with Gasteiger partial charge in [0.2, 0.25) is 0 Å². The Balaban J connectivity index is 1.70. The van der Waals surface area contributed by atoms with E-state index in [-0.39, 0.29) is 0 Å². The lowest BCUT2D eigenvalue weighted by atomic mass is 9.86. The van der Waals surface area contributed by atoms with Crippen LogP contribution in [0.3, 0.4) is 0 Å². The summed E-state index contributed by atoms with van der Waals surface area (Å²) in [6.45, 7) is 4.19. The van der Waals surface area contributed by atoms with E-state index in [1.54, 1.807) is 0 Å². The summed E-state index contributed by atoms with van der Waals surface area (Å²) in [5.41, 5.74) is 6.79. The van der Waals surface area contributed by atoms with Crippen LogP contribution in [0.5, 0.6) is 5.75 Å². The van der Waals surface area contributed by atoms with Crippen LogP contribution in [0.2, 0.25) is 0 Å². The molecule has 2 N–H and O–H groups in total. The Morgan fingerprint density at radius 3 is 2.76 bits per heavy atom. The first-order chi connectivity index (χ1) is 8.35. The number of nitrogens with zero attached hydrogens (tertiary/aromatic N) is 1. The molecule has 17 heavy (non-hydrogen) atoms. The van der Waals surface area contributed by atoms with Gasteiger partial charge in [0.25, 0.3) is 0 Å². The number of ether oxygens (including phenoxy) is 1. The lowest BCUT2D eigenvalue weighted by Crippen LogP contribution is -2.52. The molecule has 0 amide bonds. The third kappa shape index (κ3) is 2.31. The van der Waals surface area contributed by atoms with Crippen molar-refractivity contribution in [2.24, 2.45) is 11.7 Å². The minimum Gasteiger partial charge on any atom is -0.489 e. The number of hydrogen-bond acceptors (Lipinski definition) is 3. The first kappa shape index (κ1) is 11.1. The summed E-state index contributed by atoms with van der Waals surface area (Å²) in [6.07, 6.45) is 2.97. The van der Waals surface area contributed by atoms with Crippen molar-refractivity contribution >= 4 is 0 Å². The first-order valence-electron chi connectivity index (χ1n) is 6.53. The molecule has 3 nitrogen and oxygen atoms in total. The summed E-state index contributed by atoms with van der Waals surface area (Å²) in [5.74, 6) is 1.73. The van der Waals surface area contributed by atoms with E-state index >= 15 is 0 Å². The molecule has 0 aromatic heterocycles. The molecule has 0 unspecified atom stereocenters. The van der Waals surface area contributed by atoms with Gasteiger partial charge in [-0.3, -0.25) is 4.90 Å². The van der Waals surface area contributed by atoms with E-state index < -0.39 is 0 Å². The van der Waals surface area contributed by atoms with E-state index in [0.29, 0.717) is 12.6 Å². The normalized spacial score (nSPS) is 31.5. The van der Waals surface area contributed by atoms with Crippen LogP contribution in [-0.4, -0.2) is 30.6 Å². The summed E-state index contributed by atoms with van der Waals surface area (Å²) in [5, 5.41) is 0. The summed E-state index contributed by atoms with van der Waals surface area (Å²) >= 11 is 0. The molecule has 92 valence electrons. The van der Waals surface area contributed by atoms with Crippen molar-refractivity contribution in [3.8, 4) is 5.75 Å². The number of fused-ring (bicyclic) bond motifs is 3. The van der Waals surface area contributed by atoms with Gasteiger partial charge < -0.3 is 10.5 Å². The van der Waals surface area contributed by atoms with Crippen molar-refractivity contribution in [2.45, 2.75) is 25.5 Å². The average Bonchev–Trinajstić information content (AvgIpc) is 2.40. The number of benzene rings is 1. The predicted octanol–water partition coefficient (Wildman–Crippen LogP) is 1.62. The minimum absolute atomic E-state index is 0.380. The van der Waals surface area contributed by atoms with E-state index in [2.05, 4.69) is 11.0 Å². The van der Waals surface area contributed by atoms with Crippen LogP contribution in [0.25, 0.3) is 0 Å². The van der Waals surface area contributed by atoms with Gasteiger partial charge in [-0.2, -0.15) is 0 Å². The van der Waals surface area contributed by atoms with E-state index in [1.807, 2.05) is 18.2 Å². The standard InChI is InChI=1S/C14H20N2O/c15-9-11-2-1-3-13(8-11)17-14-10-16-6-4-12(14)5-7-16/h1-3,8,12,14H,4-7,9-10,15H2/t14-/m0/s1. The third-order valence-corrected chi connectivity index (χ3v) is 4.02. The molecule has 3 saturated heterocycles. The van der Waals surface area contributed by atoms with Gasteiger partial charge in [-0.25, -0.2) is 0 Å². The Morgan fingerprint density at radius 2 is 2.12 bits per heavy atom. The lowest BCUT2D eigenvalue weighted by Gasteiger charge is -2.44. The highest BCUT2D eigenvalue weighted by Crippen LogP contribution is 2.30. The van der Waals surface area contributed by atoms with Crippen LogP contribution in [-0.2, 0) is 6.54 Å². The maximum atomic E-state index is 6.13. The Bertz CT molecular complexity index is 386. The van der Waals surface area contributed by atoms with E-state index in [0.717, 1.165) is 23.8 Å². The molecular weight excluding hydrogens is 212 g/mol. The number of rotatable bonds is 3. The average molecular weight is 232 g/mol. The molecule has 3 heteroatoms. The number of hydrogen-bond donors (Lipinski definition) is 1. The van der Waals surface area contributed by atoms with Gasteiger partial charge in [0.15, 0.2) is 0 Å². The third-order valence-electron chi connectivity index (χ3n) is 4.02. The van der Waals surface area contributed by atoms with Crippen molar-refractivity contribution < 1.29 is 4.74 Å². The predicted molar refractivity (Wildman–Crippen MR) is 67.9 cm³/mol. The maximum Gasteiger partial charge on any atom is 0.120 e. The number of nitrogens with two attached hydrogens (primary N) is 1. The zero-order valence-corrected chi connectivity index (χ0v) is 10.1. The maximum absolute atomic E-state index is 6.13. The van der Waals surface area contributed by atoms with Crippen LogP contribution >= 0.6 is 0 Å². The Labute approximate surface area is 103 Å². The second-order valence-electron chi connectivity index (χ2n) is 5.15. The van der Waals surface area contributed by atoms with Crippen molar-refractivity contribution in [1.82, 2.24) is 4.90 Å². The first-order valence-corrected chi connectivity index (χ1v) is 6.53. The minimum atomic E-state index is 0.380. The summed E-state index contributed by atoms with van der Waals surface area (Å²) in [6, 6.07) is 8.18. The molecule has 0 spiro atoms. The molecule has 1 atom stereocenters. The SMILES string of the molecule is NCc1cccc(O[C@H]2CN3CCC2CC3)c1. The van der Waals surface area contributed by atoms with Gasteiger partial charge in [-0.05, 0) is 49.5 Å². The fourth-order valence-electron chi connectivity index (χ4n) is 2.96. The molecule has 1 aromatic carbocycles. The highest BCUT2D eigenvalue weighted by molar-refractivity contribution is 5.28. The van der Waals surface area contributed by atoms with Gasteiger partial charge in [-0.1, -0.05) is 12.1 Å². The van der Waals surface area contributed by atoms with Crippen LogP contribution in [0.1, 0.15) is 18.4 Å². The monoisotopic (exact) mass is 232 g/mol. The molecule has 4 rings (SSSR count). The van der Waals surface area contributed by atoms with Crippen LogP contribution in [0.4, 0.5) is 0 Å². The van der Waals surface area contributed by atoms with Crippen LogP contribution in [0.15, 0.2) is 24.3 Å². The molecular formula is C14H20N2O. The molecule has 3 aliphatic rings. The highest BCUT2D eigenvalue weighted by atomic mass is 16.5. The Hall–Kier alpha value is -1.06. The second kappa shape index (κ2) is 4.67. The largest absolute Gasteiger partial charge is 0.489 e. The summed E-state index contributed by atoms with van der Waals surface area (Å²) in [4.78, 5) is 2.51. The van der Waals surface area contributed by atoms with Gasteiger partial charge in [0, 0.05) is 13.1 Å². The van der Waals surface area contributed by atoms with Gasteiger partial charge >= 0.3 is 0 Å². The van der Waals surface area contributed by atoms with Crippen LogP contribution < -0.4 is 10.5 Å². The molecule has 3 fully saturated rings. The second-order valence-corrected chi connectivity index (χ2v) is 5.15. The smallest absolute Gasteiger partial charge is 0.120 e. The lowest BCUT2D eigenvalue weighted by molar-refractivity contribution is -0.00778. The molecule has 0 saturated carbocycles. The van der Waals surface area contributed by atoms with Crippen molar-refractivity contribution in [3.63, 3.8) is 0 Å². The fraction of sp³-hybridized carbons (Fsp3) is 0.571. The zero-order valence-electron chi connectivity index (χ0n) is 10.1. The van der Waals surface area contributed by atoms with Crippen molar-refractivity contribution in [1.29, 1.82) is 0 Å². The van der Waals surface area contributed by atoms with E-state index in [1.165, 1.54) is 25.9 Å².